The first-order valence-corrected chi connectivity index (χ1v) is 10.4. The molecule has 0 aliphatic rings. The van der Waals surface area contributed by atoms with Gasteiger partial charge < -0.3 is 4.90 Å². The number of anilines is 1. The fraction of sp³-hybridized carbons (Fsp3) is 0.0952. The van der Waals surface area contributed by atoms with E-state index in [1.807, 2.05) is 30.3 Å². The van der Waals surface area contributed by atoms with Crippen LogP contribution in [0.4, 0.5) is 5.69 Å². The van der Waals surface area contributed by atoms with E-state index in [1.54, 1.807) is 48.3 Å². The maximum absolute atomic E-state index is 12.7. The minimum atomic E-state index is -3.88. The van der Waals surface area contributed by atoms with Crippen LogP contribution < -0.4 is 4.72 Å². The highest BCUT2D eigenvalue weighted by molar-refractivity contribution is 7.92. The summed E-state index contributed by atoms with van der Waals surface area (Å²) in [5, 5.41) is 0.293. The quantitative estimate of drug-likeness (QED) is 0.649. The zero-order chi connectivity index (χ0) is 20.1. The number of rotatable bonds is 6. The number of benzene rings is 3. The van der Waals surface area contributed by atoms with E-state index in [1.165, 1.54) is 12.1 Å². The molecule has 0 saturated carbocycles. The molecule has 144 valence electrons. The second-order valence-electron chi connectivity index (χ2n) is 6.26. The standard InChI is InChI=1S/C21H19ClN2O3S/c1-24(15-16-8-3-2-4-9-16)21(25)17-10-7-11-18(14-17)28(26,27)23-20-13-6-5-12-19(20)22/h2-14,23H,15H2,1H3. The highest BCUT2D eigenvalue weighted by atomic mass is 35.5. The van der Waals surface area contributed by atoms with E-state index in [4.69, 9.17) is 11.6 Å². The van der Waals surface area contributed by atoms with E-state index in [0.717, 1.165) is 5.56 Å². The molecule has 0 atom stereocenters. The Balaban J connectivity index is 1.81. The average molecular weight is 415 g/mol. The number of hydrogen-bond donors (Lipinski definition) is 1. The molecule has 1 amide bonds. The summed E-state index contributed by atoms with van der Waals surface area (Å²) in [5.41, 5.74) is 1.56. The Morgan fingerprint density at radius 2 is 1.64 bits per heavy atom. The third kappa shape index (κ3) is 4.71. The molecule has 0 aliphatic carbocycles. The van der Waals surface area contributed by atoms with Gasteiger partial charge in [-0.3, -0.25) is 9.52 Å². The summed E-state index contributed by atoms with van der Waals surface area (Å²) in [7, 11) is -2.20. The van der Waals surface area contributed by atoms with Gasteiger partial charge >= 0.3 is 0 Å². The van der Waals surface area contributed by atoms with Crippen LogP contribution in [0.2, 0.25) is 5.02 Å². The van der Waals surface area contributed by atoms with Gasteiger partial charge in [0.15, 0.2) is 0 Å². The fourth-order valence-electron chi connectivity index (χ4n) is 2.69. The summed E-state index contributed by atoms with van der Waals surface area (Å²) < 4.78 is 27.8. The Hall–Kier alpha value is -2.83. The van der Waals surface area contributed by atoms with Gasteiger partial charge in [-0.05, 0) is 35.9 Å². The van der Waals surface area contributed by atoms with Crippen molar-refractivity contribution in [2.24, 2.45) is 0 Å². The second kappa shape index (κ2) is 8.46. The van der Waals surface area contributed by atoms with Crippen molar-refractivity contribution in [3.05, 3.63) is 95.0 Å². The molecule has 3 rings (SSSR count). The van der Waals surface area contributed by atoms with Crippen molar-refractivity contribution in [3.63, 3.8) is 0 Å². The zero-order valence-electron chi connectivity index (χ0n) is 15.2. The molecule has 3 aromatic rings. The van der Waals surface area contributed by atoms with Crippen LogP contribution in [0.15, 0.2) is 83.8 Å². The van der Waals surface area contributed by atoms with Gasteiger partial charge in [0.25, 0.3) is 15.9 Å². The predicted molar refractivity (Wildman–Crippen MR) is 111 cm³/mol. The summed E-state index contributed by atoms with van der Waals surface area (Å²) in [6, 6.07) is 22.1. The molecular formula is C21H19ClN2O3S. The molecule has 7 heteroatoms. The first-order chi connectivity index (χ1) is 13.4. The maximum atomic E-state index is 12.7. The lowest BCUT2D eigenvalue weighted by Crippen LogP contribution is -2.26. The molecule has 0 heterocycles. The molecule has 0 aliphatic heterocycles. The smallest absolute Gasteiger partial charge is 0.261 e. The lowest BCUT2D eigenvalue weighted by Gasteiger charge is -2.18. The molecule has 0 radical (unpaired) electrons. The number of sulfonamides is 1. The monoisotopic (exact) mass is 414 g/mol. The van der Waals surface area contributed by atoms with E-state index in [-0.39, 0.29) is 16.5 Å². The van der Waals surface area contributed by atoms with E-state index < -0.39 is 10.0 Å². The summed E-state index contributed by atoms with van der Waals surface area (Å²) in [5.74, 6) is -0.265. The number of nitrogens with one attached hydrogen (secondary N) is 1. The van der Waals surface area contributed by atoms with E-state index in [9.17, 15) is 13.2 Å². The number of amides is 1. The Kier molecular flexibility index (Phi) is 6.02. The van der Waals surface area contributed by atoms with Gasteiger partial charge in [-0.1, -0.05) is 60.1 Å². The summed E-state index contributed by atoms with van der Waals surface area (Å²) in [4.78, 5) is 14.3. The molecule has 0 bridgehead atoms. The summed E-state index contributed by atoms with van der Waals surface area (Å²) in [6.45, 7) is 0.425. The van der Waals surface area contributed by atoms with Crippen LogP contribution in [0, 0.1) is 0 Å². The SMILES string of the molecule is CN(Cc1ccccc1)C(=O)c1cccc(S(=O)(=O)Nc2ccccc2Cl)c1. The Morgan fingerprint density at radius 1 is 0.964 bits per heavy atom. The van der Waals surface area contributed by atoms with Crippen LogP contribution in [-0.2, 0) is 16.6 Å². The molecule has 0 unspecified atom stereocenters. The van der Waals surface area contributed by atoms with Gasteiger partial charge in [0.1, 0.15) is 0 Å². The molecule has 0 aromatic heterocycles. The lowest BCUT2D eigenvalue weighted by molar-refractivity contribution is 0.0785. The van der Waals surface area contributed by atoms with Crippen LogP contribution in [-0.4, -0.2) is 26.3 Å². The second-order valence-corrected chi connectivity index (χ2v) is 8.35. The minimum absolute atomic E-state index is 0.00798. The van der Waals surface area contributed by atoms with Gasteiger partial charge in [-0.25, -0.2) is 8.42 Å². The summed E-state index contributed by atoms with van der Waals surface area (Å²) in [6.07, 6.45) is 0. The first-order valence-electron chi connectivity index (χ1n) is 8.53. The highest BCUT2D eigenvalue weighted by Crippen LogP contribution is 2.24. The molecule has 0 spiro atoms. The number of para-hydroxylation sites is 1. The Bertz CT molecular complexity index is 1090. The van der Waals surface area contributed by atoms with Crippen molar-refractivity contribution in [1.29, 1.82) is 0 Å². The topological polar surface area (TPSA) is 66.5 Å². The zero-order valence-corrected chi connectivity index (χ0v) is 16.7. The van der Waals surface area contributed by atoms with Gasteiger partial charge in [-0.2, -0.15) is 0 Å². The fourth-order valence-corrected chi connectivity index (χ4v) is 4.06. The van der Waals surface area contributed by atoms with Crippen molar-refractivity contribution in [3.8, 4) is 0 Å². The van der Waals surface area contributed by atoms with Crippen LogP contribution in [0.25, 0.3) is 0 Å². The van der Waals surface area contributed by atoms with Crippen molar-refractivity contribution in [1.82, 2.24) is 4.90 Å². The summed E-state index contributed by atoms with van der Waals surface area (Å²) >= 11 is 6.03. The number of carbonyl (C=O) groups is 1. The van der Waals surface area contributed by atoms with E-state index >= 15 is 0 Å². The number of nitrogens with zero attached hydrogens (tertiary/aromatic N) is 1. The van der Waals surface area contributed by atoms with Gasteiger partial charge in [0, 0.05) is 19.2 Å². The lowest BCUT2D eigenvalue weighted by atomic mass is 10.1. The van der Waals surface area contributed by atoms with Crippen LogP contribution in [0.3, 0.4) is 0 Å². The average Bonchev–Trinajstić information content (AvgIpc) is 2.70. The molecular weight excluding hydrogens is 396 g/mol. The normalized spacial score (nSPS) is 11.1. The molecule has 3 aromatic carbocycles. The van der Waals surface area contributed by atoms with Crippen molar-refractivity contribution in [2.75, 3.05) is 11.8 Å². The van der Waals surface area contributed by atoms with Gasteiger partial charge in [0.2, 0.25) is 0 Å². The third-order valence-electron chi connectivity index (χ3n) is 4.12. The van der Waals surface area contributed by atoms with Gasteiger partial charge in [-0.15, -0.1) is 0 Å². The number of halogens is 1. The van der Waals surface area contributed by atoms with Crippen LogP contribution >= 0.6 is 11.6 Å². The van der Waals surface area contributed by atoms with Crippen LogP contribution in [0.1, 0.15) is 15.9 Å². The largest absolute Gasteiger partial charge is 0.337 e. The Morgan fingerprint density at radius 3 is 2.36 bits per heavy atom. The van der Waals surface area contributed by atoms with E-state index in [0.29, 0.717) is 17.1 Å². The van der Waals surface area contributed by atoms with Crippen LogP contribution in [0.5, 0.6) is 0 Å². The third-order valence-corrected chi connectivity index (χ3v) is 5.81. The van der Waals surface area contributed by atoms with Gasteiger partial charge in [0.05, 0.1) is 15.6 Å². The predicted octanol–water partition coefficient (Wildman–Crippen LogP) is 4.41. The molecule has 0 fully saturated rings. The van der Waals surface area contributed by atoms with Crippen molar-refractivity contribution in [2.45, 2.75) is 11.4 Å². The maximum Gasteiger partial charge on any atom is 0.261 e. The van der Waals surface area contributed by atoms with Crippen molar-refractivity contribution >= 4 is 33.2 Å². The number of hydrogen-bond acceptors (Lipinski definition) is 3. The first kappa shape index (κ1) is 19.9. The van der Waals surface area contributed by atoms with Crippen molar-refractivity contribution < 1.29 is 13.2 Å². The van der Waals surface area contributed by atoms with E-state index in [2.05, 4.69) is 4.72 Å². The number of carbonyl (C=O) groups excluding carboxylic acids is 1. The molecule has 5 nitrogen and oxygen atoms in total. The minimum Gasteiger partial charge on any atom is -0.337 e. The highest BCUT2D eigenvalue weighted by Gasteiger charge is 2.19. The molecule has 28 heavy (non-hydrogen) atoms. The molecule has 0 saturated heterocycles. The molecule has 1 N–H and O–H groups in total. The Labute approximate surface area is 169 Å².